The van der Waals surface area contributed by atoms with E-state index in [9.17, 15) is 9.59 Å². The Morgan fingerprint density at radius 3 is 2.26 bits per heavy atom. The molecular formula is C23H32Cl2N4O2. The molecule has 0 atom stereocenters. The second-order valence-electron chi connectivity index (χ2n) is 9.44. The van der Waals surface area contributed by atoms with Crippen molar-refractivity contribution in [3.05, 3.63) is 40.0 Å². The zero-order valence-electron chi connectivity index (χ0n) is 19.3. The molecule has 1 aromatic carbocycles. The zero-order chi connectivity index (χ0) is 23.5. The number of amides is 2. The number of nitrogens with zero attached hydrogens (tertiary/aromatic N) is 3. The first kappa shape index (κ1) is 25.2. The molecule has 1 N–H and O–H groups in total. The van der Waals surface area contributed by atoms with Crippen LogP contribution in [0.25, 0.3) is 5.69 Å². The highest BCUT2D eigenvalue weighted by Gasteiger charge is 2.24. The molecule has 0 bridgehead atoms. The molecule has 0 aliphatic rings. The lowest BCUT2D eigenvalue weighted by atomic mass is 9.92. The molecule has 8 heteroatoms. The highest BCUT2D eigenvalue weighted by molar-refractivity contribution is 6.42. The summed E-state index contributed by atoms with van der Waals surface area (Å²) < 4.78 is 1.64. The summed E-state index contributed by atoms with van der Waals surface area (Å²) in [5.74, 6) is 0.413. The molecule has 0 unspecified atom stereocenters. The predicted molar refractivity (Wildman–Crippen MR) is 127 cm³/mol. The lowest BCUT2D eigenvalue weighted by molar-refractivity contribution is -0.137. The molecular weight excluding hydrogens is 435 g/mol. The highest BCUT2D eigenvalue weighted by Crippen LogP contribution is 2.29. The molecule has 2 amide bonds. The number of carbonyl (C=O) groups is 2. The minimum atomic E-state index is -0.285. The molecule has 0 saturated heterocycles. The largest absolute Gasteiger partial charge is 0.331 e. The summed E-state index contributed by atoms with van der Waals surface area (Å²) in [5.41, 5.74) is 1.26. The number of benzene rings is 1. The van der Waals surface area contributed by atoms with Crippen LogP contribution >= 0.6 is 23.2 Å². The van der Waals surface area contributed by atoms with Gasteiger partial charge in [-0.25, -0.2) is 4.68 Å². The van der Waals surface area contributed by atoms with Crippen molar-refractivity contribution in [3.8, 4) is 5.69 Å². The van der Waals surface area contributed by atoms with Gasteiger partial charge in [0.1, 0.15) is 12.4 Å². The molecule has 0 radical (unpaired) electrons. The first-order valence-electron chi connectivity index (χ1n) is 10.4. The lowest BCUT2D eigenvalue weighted by Crippen LogP contribution is -2.42. The van der Waals surface area contributed by atoms with Gasteiger partial charge in [0.05, 0.1) is 21.4 Å². The first-order chi connectivity index (χ1) is 14.3. The molecule has 0 aliphatic carbocycles. The van der Waals surface area contributed by atoms with Gasteiger partial charge in [-0.05, 0) is 38.0 Å². The van der Waals surface area contributed by atoms with E-state index >= 15 is 0 Å². The van der Waals surface area contributed by atoms with Crippen molar-refractivity contribution in [1.82, 2.24) is 14.7 Å². The molecule has 31 heavy (non-hydrogen) atoms. The Balaban J connectivity index is 2.34. The Hall–Kier alpha value is -2.05. The number of carbonyl (C=O) groups excluding carboxylic acids is 2. The summed E-state index contributed by atoms with van der Waals surface area (Å²) in [5, 5.41) is 8.44. The summed E-state index contributed by atoms with van der Waals surface area (Å²) in [6.07, 6.45) is 0.404. The van der Waals surface area contributed by atoms with Gasteiger partial charge in [-0.1, -0.05) is 57.8 Å². The summed E-state index contributed by atoms with van der Waals surface area (Å²) in [4.78, 5) is 27.1. The van der Waals surface area contributed by atoms with Crippen LogP contribution in [0.2, 0.25) is 10.0 Å². The van der Waals surface area contributed by atoms with Crippen molar-refractivity contribution in [1.29, 1.82) is 0 Å². The molecule has 0 saturated carbocycles. The number of aromatic nitrogens is 2. The topological polar surface area (TPSA) is 67.2 Å². The number of halogens is 2. The van der Waals surface area contributed by atoms with E-state index in [1.807, 2.05) is 54.5 Å². The molecule has 0 aliphatic heterocycles. The van der Waals surface area contributed by atoms with Crippen LogP contribution in [-0.2, 0) is 15.0 Å². The second kappa shape index (κ2) is 10.0. The molecule has 6 nitrogen and oxygen atoms in total. The van der Waals surface area contributed by atoms with E-state index in [0.29, 0.717) is 28.0 Å². The van der Waals surface area contributed by atoms with Gasteiger partial charge in [0.2, 0.25) is 11.8 Å². The van der Waals surface area contributed by atoms with Gasteiger partial charge in [0.25, 0.3) is 0 Å². The average molecular weight is 467 g/mol. The fourth-order valence-electron chi connectivity index (χ4n) is 3.01. The van der Waals surface area contributed by atoms with Crippen molar-refractivity contribution < 1.29 is 9.59 Å². The summed E-state index contributed by atoms with van der Waals surface area (Å²) in [7, 11) is 0. The first-order valence-corrected chi connectivity index (χ1v) is 11.2. The van der Waals surface area contributed by atoms with Crippen molar-refractivity contribution in [2.24, 2.45) is 5.92 Å². The fourth-order valence-corrected chi connectivity index (χ4v) is 3.30. The van der Waals surface area contributed by atoms with Crippen molar-refractivity contribution in [2.75, 3.05) is 11.9 Å². The number of hydrogen-bond acceptors (Lipinski definition) is 3. The van der Waals surface area contributed by atoms with E-state index in [1.165, 1.54) is 0 Å². The highest BCUT2D eigenvalue weighted by atomic mass is 35.5. The van der Waals surface area contributed by atoms with E-state index < -0.39 is 0 Å². The third-order valence-corrected chi connectivity index (χ3v) is 5.47. The van der Waals surface area contributed by atoms with Crippen molar-refractivity contribution >= 4 is 40.8 Å². The second-order valence-corrected chi connectivity index (χ2v) is 10.3. The molecule has 1 heterocycles. The normalized spacial score (nSPS) is 11.8. The van der Waals surface area contributed by atoms with Crippen LogP contribution in [-0.4, -0.2) is 39.1 Å². The van der Waals surface area contributed by atoms with Crippen LogP contribution in [0.15, 0.2) is 24.3 Å². The van der Waals surface area contributed by atoms with Crippen LogP contribution in [0.3, 0.4) is 0 Å². The van der Waals surface area contributed by atoms with Gasteiger partial charge in [0.15, 0.2) is 0 Å². The maximum absolute atomic E-state index is 12.9. The molecule has 0 spiro atoms. The Morgan fingerprint density at radius 1 is 1.10 bits per heavy atom. The average Bonchev–Trinajstić information content (AvgIpc) is 3.05. The Bertz CT molecular complexity index is 946. The van der Waals surface area contributed by atoms with E-state index in [4.69, 9.17) is 23.2 Å². The van der Waals surface area contributed by atoms with E-state index in [1.54, 1.807) is 27.8 Å². The summed E-state index contributed by atoms with van der Waals surface area (Å²) in [6, 6.07) is 6.94. The molecule has 2 aromatic rings. The summed E-state index contributed by atoms with van der Waals surface area (Å²) in [6.45, 7) is 13.9. The standard InChI is InChI=1S/C23H32Cl2N4O2/c1-14(2)10-22(31)28(15(3)4)13-21(30)26-20-12-19(23(5,6)7)27-29(20)16-8-9-17(24)18(25)11-16/h8-9,11-12,14-15H,10,13H2,1-7H3,(H,26,30). The third kappa shape index (κ3) is 6.71. The SMILES string of the molecule is CC(C)CC(=O)N(CC(=O)Nc1cc(C(C)(C)C)nn1-c1ccc(Cl)c(Cl)c1)C(C)C. The maximum atomic E-state index is 12.9. The minimum absolute atomic E-state index is 0.0272. The van der Waals surface area contributed by atoms with Gasteiger partial charge < -0.3 is 10.2 Å². The fraction of sp³-hybridized carbons (Fsp3) is 0.522. The van der Waals surface area contributed by atoms with Gasteiger partial charge in [-0.15, -0.1) is 0 Å². The smallest absolute Gasteiger partial charge is 0.245 e. The van der Waals surface area contributed by atoms with Gasteiger partial charge in [-0.2, -0.15) is 5.10 Å². The number of anilines is 1. The monoisotopic (exact) mass is 466 g/mol. The van der Waals surface area contributed by atoms with Gasteiger partial charge in [0, 0.05) is 23.9 Å². The zero-order valence-corrected chi connectivity index (χ0v) is 20.8. The van der Waals surface area contributed by atoms with Crippen LogP contribution < -0.4 is 5.32 Å². The van der Waals surface area contributed by atoms with Crippen molar-refractivity contribution in [3.63, 3.8) is 0 Å². The number of nitrogens with one attached hydrogen (secondary N) is 1. The van der Waals surface area contributed by atoms with Crippen LogP contribution in [0.1, 0.15) is 60.6 Å². The Labute approximate surface area is 194 Å². The molecule has 0 fully saturated rings. The molecule has 1 aromatic heterocycles. The molecule has 2 rings (SSSR count). The van der Waals surface area contributed by atoms with Crippen LogP contribution in [0.5, 0.6) is 0 Å². The van der Waals surface area contributed by atoms with Crippen LogP contribution in [0, 0.1) is 5.92 Å². The molecule has 170 valence electrons. The van der Waals surface area contributed by atoms with E-state index in [2.05, 4.69) is 10.4 Å². The van der Waals surface area contributed by atoms with Crippen molar-refractivity contribution in [2.45, 2.75) is 66.3 Å². The Kier molecular flexibility index (Phi) is 8.17. The summed E-state index contributed by atoms with van der Waals surface area (Å²) >= 11 is 12.2. The number of hydrogen-bond donors (Lipinski definition) is 1. The minimum Gasteiger partial charge on any atom is -0.331 e. The Morgan fingerprint density at radius 2 is 1.74 bits per heavy atom. The number of rotatable bonds is 7. The van der Waals surface area contributed by atoms with E-state index in [0.717, 1.165) is 5.69 Å². The van der Waals surface area contributed by atoms with Crippen LogP contribution in [0.4, 0.5) is 5.82 Å². The van der Waals surface area contributed by atoms with E-state index in [-0.39, 0.29) is 35.7 Å². The van der Waals surface area contributed by atoms with Gasteiger partial charge in [-0.3, -0.25) is 9.59 Å². The quantitative estimate of drug-likeness (QED) is 0.568. The van der Waals surface area contributed by atoms with Gasteiger partial charge >= 0.3 is 0 Å². The lowest BCUT2D eigenvalue weighted by Gasteiger charge is -2.27. The third-order valence-electron chi connectivity index (χ3n) is 4.73. The maximum Gasteiger partial charge on any atom is 0.245 e. The predicted octanol–water partition coefficient (Wildman–Crippen LogP) is 5.70.